The van der Waals surface area contributed by atoms with Gasteiger partial charge in [0.1, 0.15) is 10.7 Å². The molecule has 124 valence electrons. The third kappa shape index (κ3) is 3.80. The van der Waals surface area contributed by atoms with E-state index in [-0.39, 0.29) is 17.5 Å². The molecule has 0 aliphatic carbocycles. The molecule has 4 nitrogen and oxygen atoms in total. The summed E-state index contributed by atoms with van der Waals surface area (Å²) < 4.78 is 41.1. The quantitative estimate of drug-likeness (QED) is 0.868. The highest BCUT2D eigenvalue weighted by molar-refractivity contribution is 7.89. The van der Waals surface area contributed by atoms with Gasteiger partial charge in [-0.25, -0.2) is 17.5 Å². The molecule has 1 aliphatic rings. The molecule has 23 heavy (non-hydrogen) atoms. The molecule has 1 aromatic heterocycles. The van der Waals surface area contributed by atoms with Crippen molar-refractivity contribution in [1.82, 2.24) is 9.62 Å². The number of rotatable bonds is 6. The number of benzene rings is 1. The maximum Gasteiger partial charge on any atom is 0.243 e. The maximum atomic E-state index is 13.8. The molecule has 0 radical (unpaired) electrons. The Morgan fingerprint density at radius 1 is 1.22 bits per heavy atom. The van der Waals surface area contributed by atoms with Crippen LogP contribution in [0.15, 0.2) is 46.0 Å². The van der Waals surface area contributed by atoms with Crippen molar-refractivity contribution < 1.29 is 12.8 Å². The summed E-state index contributed by atoms with van der Waals surface area (Å²) in [5.74, 6) is -0.728. The van der Waals surface area contributed by atoms with Crippen LogP contribution in [0.3, 0.4) is 0 Å². The van der Waals surface area contributed by atoms with Gasteiger partial charge in [-0.3, -0.25) is 4.90 Å². The zero-order chi connectivity index (χ0) is 16.3. The monoisotopic (exact) mass is 354 g/mol. The van der Waals surface area contributed by atoms with E-state index in [9.17, 15) is 12.8 Å². The molecule has 2 heterocycles. The van der Waals surface area contributed by atoms with Gasteiger partial charge in [0.15, 0.2) is 0 Å². The van der Waals surface area contributed by atoms with Crippen LogP contribution in [0.25, 0.3) is 0 Å². The van der Waals surface area contributed by atoms with Gasteiger partial charge in [-0.05, 0) is 60.5 Å². The topological polar surface area (TPSA) is 49.4 Å². The second-order valence-electron chi connectivity index (χ2n) is 5.60. The van der Waals surface area contributed by atoms with Crippen molar-refractivity contribution in [3.8, 4) is 0 Å². The minimum absolute atomic E-state index is 0.00898. The van der Waals surface area contributed by atoms with Gasteiger partial charge in [0.05, 0.1) is 0 Å². The number of nitrogens with one attached hydrogen (secondary N) is 1. The minimum Gasteiger partial charge on any atom is -0.295 e. The van der Waals surface area contributed by atoms with E-state index in [2.05, 4.69) is 9.62 Å². The maximum absolute atomic E-state index is 13.8. The Morgan fingerprint density at radius 3 is 2.61 bits per heavy atom. The summed E-state index contributed by atoms with van der Waals surface area (Å²) in [5, 5.41) is 4.03. The fraction of sp³-hybridized carbons (Fsp3) is 0.375. The second-order valence-corrected chi connectivity index (χ2v) is 8.11. The molecule has 1 atom stereocenters. The first kappa shape index (κ1) is 16.6. The van der Waals surface area contributed by atoms with Crippen LogP contribution < -0.4 is 4.72 Å². The number of sulfonamides is 1. The number of hydrogen-bond donors (Lipinski definition) is 1. The lowest BCUT2D eigenvalue weighted by molar-refractivity contribution is 0.247. The summed E-state index contributed by atoms with van der Waals surface area (Å²) in [6.07, 6.45) is 2.25. The summed E-state index contributed by atoms with van der Waals surface area (Å²) >= 11 is 1.59. The average Bonchev–Trinajstić information content (AvgIpc) is 3.21. The van der Waals surface area contributed by atoms with E-state index in [1.165, 1.54) is 18.2 Å². The average molecular weight is 354 g/mol. The molecular weight excluding hydrogens is 335 g/mol. The van der Waals surface area contributed by atoms with Crippen molar-refractivity contribution in [1.29, 1.82) is 0 Å². The number of thiophene rings is 1. The first-order valence-corrected chi connectivity index (χ1v) is 10.0. The van der Waals surface area contributed by atoms with Crippen LogP contribution in [0.1, 0.15) is 24.4 Å². The molecular formula is C16H19FN2O2S2. The standard InChI is InChI=1S/C16H19FN2O2S2/c17-14-5-1-2-6-16(14)23(20,21)18-11-15(13-7-10-22-12-13)19-8-3-4-9-19/h1-2,5-7,10,12,15,18H,3-4,8-9,11H2. The van der Waals surface area contributed by atoms with E-state index in [1.54, 1.807) is 11.3 Å². The van der Waals surface area contributed by atoms with Crippen LogP contribution in [-0.2, 0) is 10.0 Å². The Hall–Kier alpha value is -1.28. The molecule has 2 aromatic rings. The van der Waals surface area contributed by atoms with Crippen molar-refractivity contribution in [2.45, 2.75) is 23.8 Å². The lowest BCUT2D eigenvalue weighted by atomic mass is 10.1. The minimum atomic E-state index is -3.85. The fourth-order valence-electron chi connectivity index (χ4n) is 2.90. The van der Waals surface area contributed by atoms with Crippen molar-refractivity contribution >= 4 is 21.4 Å². The summed E-state index contributed by atoms with van der Waals surface area (Å²) in [4.78, 5) is 1.98. The van der Waals surface area contributed by atoms with Crippen LogP contribution in [0.4, 0.5) is 4.39 Å². The first-order chi connectivity index (χ1) is 11.1. The largest absolute Gasteiger partial charge is 0.295 e. The molecule has 3 rings (SSSR count). The molecule has 1 aliphatic heterocycles. The summed E-state index contributed by atoms with van der Waals surface area (Å²) in [7, 11) is -3.85. The Balaban J connectivity index is 1.77. The summed E-state index contributed by atoms with van der Waals surface area (Å²) in [6.45, 7) is 2.16. The van der Waals surface area contributed by atoms with Crippen molar-refractivity contribution in [3.63, 3.8) is 0 Å². The number of likely N-dealkylation sites (tertiary alicyclic amines) is 1. The van der Waals surface area contributed by atoms with Gasteiger partial charge in [0.2, 0.25) is 10.0 Å². The Kier molecular flexibility index (Phi) is 5.11. The highest BCUT2D eigenvalue weighted by atomic mass is 32.2. The molecule has 1 aromatic carbocycles. The van der Waals surface area contributed by atoms with Crippen molar-refractivity contribution in [2.24, 2.45) is 0 Å². The number of nitrogens with zero attached hydrogens (tertiary/aromatic N) is 1. The van der Waals surface area contributed by atoms with Gasteiger partial charge in [0.25, 0.3) is 0 Å². The van der Waals surface area contributed by atoms with Crippen molar-refractivity contribution in [3.05, 3.63) is 52.5 Å². The molecule has 7 heteroatoms. The fourth-order valence-corrected chi connectivity index (χ4v) is 4.73. The van der Waals surface area contributed by atoms with Gasteiger partial charge >= 0.3 is 0 Å². The lowest BCUT2D eigenvalue weighted by Gasteiger charge is -2.27. The summed E-state index contributed by atoms with van der Waals surface area (Å²) in [6, 6.07) is 7.45. The van der Waals surface area contributed by atoms with Crippen LogP contribution >= 0.6 is 11.3 Å². The van der Waals surface area contributed by atoms with Crippen LogP contribution in [0.2, 0.25) is 0 Å². The molecule has 1 unspecified atom stereocenters. The van der Waals surface area contributed by atoms with Gasteiger partial charge in [-0.1, -0.05) is 12.1 Å². The Morgan fingerprint density at radius 2 is 1.96 bits per heavy atom. The van der Waals surface area contributed by atoms with Crippen LogP contribution in [-0.4, -0.2) is 33.0 Å². The van der Waals surface area contributed by atoms with Crippen LogP contribution in [0.5, 0.6) is 0 Å². The molecule has 1 saturated heterocycles. The normalized spacial score (nSPS) is 17.4. The molecule has 1 fully saturated rings. The predicted octanol–water partition coefficient (Wildman–Crippen LogP) is 3.00. The van der Waals surface area contributed by atoms with Crippen molar-refractivity contribution in [2.75, 3.05) is 19.6 Å². The second kappa shape index (κ2) is 7.09. The first-order valence-electron chi connectivity index (χ1n) is 7.58. The smallest absolute Gasteiger partial charge is 0.243 e. The zero-order valence-electron chi connectivity index (χ0n) is 12.6. The zero-order valence-corrected chi connectivity index (χ0v) is 14.2. The molecule has 0 saturated carbocycles. The summed E-state index contributed by atoms with van der Waals surface area (Å²) in [5.41, 5.74) is 1.10. The lowest BCUT2D eigenvalue weighted by Crippen LogP contribution is -2.36. The number of hydrogen-bond acceptors (Lipinski definition) is 4. The molecule has 0 bridgehead atoms. The Bertz CT molecular complexity index is 741. The molecule has 1 N–H and O–H groups in total. The van der Waals surface area contributed by atoms with E-state index in [0.29, 0.717) is 0 Å². The van der Waals surface area contributed by atoms with E-state index in [0.717, 1.165) is 37.6 Å². The third-order valence-electron chi connectivity index (χ3n) is 4.10. The van der Waals surface area contributed by atoms with Gasteiger partial charge in [-0.15, -0.1) is 0 Å². The molecule has 0 amide bonds. The highest BCUT2D eigenvalue weighted by Crippen LogP contribution is 2.26. The third-order valence-corrected chi connectivity index (χ3v) is 6.26. The highest BCUT2D eigenvalue weighted by Gasteiger charge is 2.26. The predicted molar refractivity (Wildman–Crippen MR) is 89.5 cm³/mol. The SMILES string of the molecule is O=S(=O)(NCC(c1ccsc1)N1CCCC1)c1ccccc1F. The van der Waals surface area contributed by atoms with E-state index >= 15 is 0 Å². The van der Waals surface area contributed by atoms with E-state index in [1.807, 2.05) is 16.8 Å². The van der Waals surface area contributed by atoms with E-state index < -0.39 is 15.8 Å². The Labute approximate surface area is 140 Å². The van der Waals surface area contributed by atoms with Gasteiger partial charge < -0.3 is 0 Å². The number of halogens is 1. The van der Waals surface area contributed by atoms with Gasteiger partial charge in [-0.2, -0.15) is 11.3 Å². The van der Waals surface area contributed by atoms with Gasteiger partial charge in [0, 0.05) is 12.6 Å². The van der Waals surface area contributed by atoms with Crippen LogP contribution in [0, 0.1) is 5.82 Å². The van der Waals surface area contributed by atoms with E-state index in [4.69, 9.17) is 0 Å². The molecule has 0 spiro atoms.